The number of esters is 2. The lowest BCUT2D eigenvalue weighted by molar-refractivity contribution is 0.00693. The van der Waals surface area contributed by atoms with Crippen molar-refractivity contribution in [1.29, 1.82) is 0 Å². The number of hydrogen-bond acceptors (Lipinski definition) is 7. The number of pyridine rings is 1. The first-order chi connectivity index (χ1) is 10.7. The minimum Gasteiger partial charge on any atom is -0.464 e. The van der Waals surface area contributed by atoms with E-state index in [0.717, 1.165) is 0 Å². The average Bonchev–Trinajstić information content (AvgIpc) is 2.90. The molecule has 23 heavy (non-hydrogen) atoms. The molecule has 1 aliphatic rings. The Balaban J connectivity index is 2.43. The molecule has 0 saturated carbocycles. The molecule has 1 aromatic rings. The Bertz CT molecular complexity index is 650. The molecule has 0 bridgehead atoms. The summed E-state index contributed by atoms with van der Waals surface area (Å²) in [5.41, 5.74) is -0.686. The Morgan fingerprint density at radius 3 is 2.48 bits per heavy atom. The molecule has 0 aromatic carbocycles. The second-order valence-electron chi connectivity index (χ2n) is 5.86. The minimum atomic E-state index is -0.718. The summed E-state index contributed by atoms with van der Waals surface area (Å²) in [6.45, 7) is 5.68. The third-order valence-corrected chi connectivity index (χ3v) is 2.88. The van der Waals surface area contributed by atoms with Gasteiger partial charge in [-0.1, -0.05) is 0 Å². The van der Waals surface area contributed by atoms with E-state index in [1.165, 1.54) is 24.1 Å². The van der Waals surface area contributed by atoms with Gasteiger partial charge >= 0.3 is 18.0 Å². The van der Waals surface area contributed by atoms with E-state index in [2.05, 4.69) is 9.72 Å². The highest BCUT2D eigenvalue weighted by Crippen LogP contribution is 2.21. The van der Waals surface area contributed by atoms with E-state index in [1.807, 2.05) is 0 Å². The molecule has 0 aliphatic carbocycles. The molecule has 1 fully saturated rings. The van der Waals surface area contributed by atoms with Crippen molar-refractivity contribution in [1.82, 2.24) is 4.98 Å². The summed E-state index contributed by atoms with van der Waals surface area (Å²) in [5, 5.41) is 0. The summed E-state index contributed by atoms with van der Waals surface area (Å²) in [4.78, 5) is 40.9. The van der Waals surface area contributed by atoms with Crippen LogP contribution in [0.4, 0.5) is 10.6 Å². The summed E-state index contributed by atoms with van der Waals surface area (Å²) < 4.78 is 14.8. The van der Waals surface area contributed by atoms with Gasteiger partial charge in [-0.25, -0.2) is 19.4 Å². The van der Waals surface area contributed by atoms with Gasteiger partial charge in [0.25, 0.3) is 0 Å². The first-order valence-electron chi connectivity index (χ1n) is 6.99. The number of cyclic esters (lactones) is 1. The van der Waals surface area contributed by atoms with Gasteiger partial charge in [-0.15, -0.1) is 0 Å². The van der Waals surface area contributed by atoms with E-state index in [1.54, 1.807) is 20.8 Å². The largest absolute Gasteiger partial charge is 0.464 e. The number of aromatic nitrogens is 1. The number of amides is 1. The standard InChI is InChI=1S/C15H18N2O6/c1-15(2,3)23-12(18)9-7-10(13(19)21-4)16-11(8-9)17-5-6-22-14(17)20/h7-8H,5-6H2,1-4H3. The highest BCUT2D eigenvalue weighted by Gasteiger charge is 2.28. The lowest BCUT2D eigenvalue weighted by Crippen LogP contribution is -2.27. The maximum Gasteiger partial charge on any atom is 0.415 e. The second kappa shape index (κ2) is 6.23. The molecule has 124 valence electrons. The van der Waals surface area contributed by atoms with Crippen LogP contribution in [0, 0.1) is 0 Å². The molecule has 0 radical (unpaired) electrons. The van der Waals surface area contributed by atoms with Gasteiger partial charge in [-0.2, -0.15) is 0 Å². The lowest BCUT2D eigenvalue weighted by atomic mass is 10.1. The van der Waals surface area contributed by atoms with E-state index in [9.17, 15) is 14.4 Å². The van der Waals surface area contributed by atoms with Crippen molar-refractivity contribution in [3.8, 4) is 0 Å². The second-order valence-corrected chi connectivity index (χ2v) is 5.86. The van der Waals surface area contributed by atoms with Crippen molar-refractivity contribution in [3.05, 3.63) is 23.4 Å². The van der Waals surface area contributed by atoms with Crippen molar-refractivity contribution in [2.24, 2.45) is 0 Å². The number of rotatable bonds is 3. The van der Waals surface area contributed by atoms with Crippen LogP contribution in [0.3, 0.4) is 0 Å². The number of hydrogen-bond donors (Lipinski definition) is 0. The van der Waals surface area contributed by atoms with Gasteiger partial charge in [0.05, 0.1) is 19.2 Å². The molecular formula is C15H18N2O6. The van der Waals surface area contributed by atoms with Crippen LogP contribution in [-0.4, -0.2) is 48.9 Å². The molecular weight excluding hydrogens is 304 g/mol. The maximum absolute atomic E-state index is 12.2. The predicted molar refractivity (Wildman–Crippen MR) is 79.4 cm³/mol. The molecule has 0 N–H and O–H groups in total. The van der Waals surface area contributed by atoms with Crippen LogP contribution >= 0.6 is 0 Å². The van der Waals surface area contributed by atoms with Crippen molar-refractivity contribution in [2.45, 2.75) is 26.4 Å². The van der Waals surface area contributed by atoms with Crippen LogP contribution in [0.15, 0.2) is 12.1 Å². The topological polar surface area (TPSA) is 95.0 Å². The molecule has 0 unspecified atom stereocenters. The van der Waals surface area contributed by atoms with E-state index in [0.29, 0.717) is 0 Å². The molecule has 1 amide bonds. The third kappa shape index (κ3) is 3.97. The van der Waals surface area contributed by atoms with Gasteiger partial charge < -0.3 is 14.2 Å². The minimum absolute atomic E-state index is 0.0921. The van der Waals surface area contributed by atoms with E-state index < -0.39 is 23.6 Å². The first kappa shape index (κ1) is 16.7. The summed E-state index contributed by atoms with van der Waals surface area (Å²) in [7, 11) is 1.20. The molecule has 8 nitrogen and oxygen atoms in total. The quantitative estimate of drug-likeness (QED) is 0.618. The van der Waals surface area contributed by atoms with Crippen LogP contribution in [0.1, 0.15) is 41.6 Å². The number of anilines is 1. The summed E-state index contributed by atoms with van der Waals surface area (Å²) in [5.74, 6) is -1.21. The molecule has 1 saturated heterocycles. The molecule has 8 heteroatoms. The van der Waals surface area contributed by atoms with Gasteiger partial charge in [-0.3, -0.25) is 4.90 Å². The molecule has 2 rings (SSSR count). The van der Waals surface area contributed by atoms with Crippen molar-refractivity contribution in [2.75, 3.05) is 25.2 Å². The normalized spacial score (nSPS) is 14.4. The van der Waals surface area contributed by atoms with Crippen LogP contribution in [0.2, 0.25) is 0 Å². The summed E-state index contributed by atoms with van der Waals surface area (Å²) >= 11 is 0. The van der Waals surface area contributed by atoms with Crippen molar-refractivity contribution in [3.63, 3.8) is 0 Å². The highest BCUT2D eigenvalue weighted by atomic mass is 16.6. The monoisotopic (exact) mass is 322 g/mol. The first-order valence-corrected chi connectivity index (χ1v) is 6.99. The summed E-state index contributed by atoms with van der Waals surface area (Å²) in [6, 6.07) is 2.65. The zero-order valence-corrected chi connectivity index (χ0v) is 13.4. The fraction of sp³-hybridized carbons (Fsp3) is 0.467. The van der Waals surface area contributed by atoms with E-state index in [-0.39, 0.29) is 30.2 Å². The van der Waals surface area contributed by atoms with E-state index >= 15 is 0 Å². The zero-order valence-electron chi connectivity index (χ0n) is 13.4. The number of carbonyl (C=O) groups excluding carboxylic acids is 3. The van der Waals surface area contributed by atoms with Crippen LogP contribution in [0.25, 0.3) is 0 Å². The Morgan fingerprint density at radius 2 is 1.96 bits per heavy atom. The molecule has 0 atom stereocenters. The number of nitrogens with zero attached hydrogens (tertiary/aromatic N) is 2. The van der Waals surface area contributed by atoms with Gasteiger partial charge in [0.15, 0.2) is 5.69 Å². The van der Waals surface area contributed by atoms with E-state index in [4.69, 9.17) is 9.47 Å². The van der Waals surface area contributed by atoms with Gasteiger partial charge in [0, 0.05) is 0 Å². The Hall–Kier alpha value is -2.64. The highest BCUT2D eigenvalue weighted by molar-refractivity contribution is 5.97. The van der Waals surface area contributed by atoms with Gasteiger partial charge in [0.1, 0.15) is 18.0 Å². The van der Waals surface area contributed by atoms with Gasteiger partial charge in [0.2, 0.25) is 0 Å². The van der Waals surface area contributed by atoms with Crippen molar-refractivity contribution >= 4 is 23.8 Å². The van der Waals surface area contributed by atoms with Crippen LogP contribution in [0.5, 0.6) is 0 Å². The molecule has 1 aliphatic heterocycles. The Morgan fingerprint density at radius 1 is 1.26 bits per heavy atom. The zero-order chi connectivity index (χ0) is 17.2. The molecule has 2 heterocycles. The number of carbonyl (C=O) groups is 3. The fourth-order valence-corrected chi connectivity index (χ4v) is 1.92. The number of methoxy groups -OCH3 is 1. The molecule has 1 aromatic heterocycles. The Kier molecular flexibility index (Phi) is 4.53. The fourth-order valence-electron chi connectivity index (χ4n) is 1.92. The van der Waals surface area contributed by atoms with Crippen LogP contribution in [-0.2, 0) is 14.2 Å². The lowest BCUT2D eigenvalue weighted by Gasteiger charge is -2.20. The number of ether oxygens (including phenoxy) is 3. The SMILES string of the molecule is COC(=O)c1cc(C(=O)OC(C)(C)C)cc(N2CCOC2=O)n1. The Labute approximate surface area is 133 Å². The average molecular weight is 322 g/mol. The molecule has 0 spiro atoms. The maximum atomic E-state index is 12.2. The smallest absolute Gasteiger partial charge is 0.415 e. The van der Waals surface area contributed by atoms with Gasteiger partial charge in [-0.05, 0) is 32.9 Å². The van der Waals surface area contributed by atoms with Crippen LogP contribution < -0.4 is 4.90 Å². The summed E-state index contributed by atoms with van der Waals surface area (Å²) in [6.07, 6.45) is -0.588. The third-order valence-electron chi connectivity index (χ3n) is 2.88. The predicted octanol–water partition coefficient (Wildman–Crippen LogP) is 1.78. The van der Waals surface area contributed by atoms with Crippen molar-refractivity contribution < 1.29 is 28.6 Å².